The van der Waals surface area contributed by atoms with Crippen LogP contribution in [0.5, 0.6) is 0 Å². The van der Waals surface area contributed by atoms with E-state index in [0.29, 0.717) is 20.2 Å². The van der Waals surface area contributed by atoms with Crippen LogP contribution in [0.25, 0.3) is 0 Å². The Morgan fingerprint density at radius 3 is 2.52 bits per heavy atom. The van der Waals surface area contributed by atoms with E-state index in [0.717, 1.165) is 0 Å². The van der Waals surface area contributed by atoms with Gasteiger partial charge in [-0.05, 0) is 48.8 Å². The van der Waals surface area contributed by atoms with Gasteiger partial charge in [0.1, 0.15) is 11.7 Å². The Balaban J connectivity index is 2.54. The van der Waals surface area contributed by atoms with E-state index < -0.39 is 23.1 Å². The SMILES string of the molecule is CN1C(=O)[C@@](C#N)(NC(=O)OC(C)(C)C)c2cc(Br)cc(Br)c21. The molecule has 1 atom stereocenters. The van der Waals surface area contributed by atoms with Gasteiger partial charge in [0.25, 0.3) is 5.91 Å². The molecule has 0 fully saturated rings. The number of carbonyl (C=O) groups excluding carboxylic acids is 2. The molecule has 0 aliphatic carbocycles. The molecule has 0 radical (unpaired) electrons. The van der Waals surface area contributed by atoms with Gasteiger partial charge in [0, 0.05) is 21.6 Å². The van der Waals surface area contributed by atoms with E-state index in [-0.39, 0.29) is 0 Å². The molecule has 0 bridgehead atoms. The van der Waals surface area contributed by atoms with Crippen molar-refractivity contribution in [1.82, 2.24) is 5.32 Å². The summed E-state index contributed by atoms with van der Waals surface area (Å²) >= 11 is 6.72. The summed E-state index contributed by atoms with van der Waals surface area (Å²) in [5.74, 6) is -0.542. The van der Waals surface area contributed by atoms with Crippen molar-refractivity contribution in [2.45, 2.75) is 31.9 Å². The van der Waals surface area contributed by atoms with Crippen LogP contribution < -0.4 is 10.2 Å². The lowest BCUT2D eigenvalue weighted by Crippen LogP contribution is -2.52. The number of amides is 2. The highest BCUT2D eigenvalue weighted by Gasteiger charge is 2.53. The van der Waals surface area contributed by atoms with E-state index in [4.69, 9.17) is 4.74 Å². The van der Waals surface area contributed by atoms with Crippen LogP contribution in [0.15, 0.2) is 21.1 Å². The number of hydrogen-bond acceptors (Lipinski definition) is 4. The van der Waals surface area contributed by atoms with E-state index >= 15 is 0 Å². The number of alkyl carbamates (subject to hydrolysis) is 1. The molecule has 6 nitrogen and oxygen atoms in total. The molecule has 0 spiro atoms. The highest BCUT2D eigenvalue weighted by atomic mass is 79.9. The molecule has 1 aliphatic rings. The number of nitriles is 1. The van der Waals surface area contributed by atoms with Gasteiger partial charge in [0.15, 0.2) is 0 Å². The molecule has 0 unspecified atom stereocenters. The number of anilines is 1. The van der Waals surface area contributed by atoms with Crippen LogP contribution in [0.1, 0.15) is 26.3 Å². The zero-order valence-corrected chi connectivity index (χ0v) is 16.2. The quantitative estimate of drug-likeness (QED) is 0.719. The van der Waals surface area contributed by atoms with Gasteiger partial charge in [-0.1, -0.05) is 15.9 Å². The average Bonchev–Trinajstić information content (AvgIpc) is 2.59. The second-order valence-electron chi connectivity index (χ2n) is 6.14. The third kappa shape index (κ3) is 3.08. The average molecular weight is 445 g/mol. The third-order valence-electron chi connectivity index (χ3n) is 3.25. The van der Waals surface area contributed by atoms with Crippen LogP contribution in [0.4, 0.5) is 10.5 Å². The Bertz CT molecular complexity index is 737. The topological polar surface area (TPSA) is 82.4 Å². The van der Waals surface area contributed by atoms with Crippen molar-refractivity contribution in [1.29, 1.82) is 5.26 Å². The normalized spacial score (nSPS) is 20.0. The highest BCUT2D eigenvalue weighted by molar-refractivity contribution is 9.11. The Kier molecular flexibility index (Phi) is 4.48. The highest BCUT2D eigenvalue weighted by Crippen LogP contribution is 2.45. The minimum absolute atomic E-state index is 0.389. The molecule has 2 amide bonds. The lowest BCUT2D eigenvalue weighted by atomic mass is 9.93. The fourth-order valence-corrected chi connectivity index (χ4v) is 3.87. The van der Waals surface area contributed by atoms with Crippen LogP contribution in [-0.4, -0.2) is 24.6 Å². The summed E-state index contributed by atoms with van der Waals surface area (Å²) < 4.78 is 6.51. The molecule has 1 aromatic carbocycles. The first-order valence-corrected chi connectivity index (χ1v) is 8.30. The number of rotatable bonds is 1. The van der Waals surface area contributed by atoms with E-state index in [2.05, 4.69) is 37.2 Å². The maximum Gasteiger partial charge on any atom is 0.409 e. The summed E-state index contributed by atoms with van der Waals surface area (Å²) in [4.78, 5) is 26.1. The lowest BCUT2D eigenvalue weighted by molar-refractivity contribution is -0.122. The molecule has 23 heavy (non-hydrogen) atoms. The Morgan fingerprint density at radius 1 is 1.39 bits per heavy atom. The number of benzene rings is 1. The van der Waals surface area contributed by atoms with E-state index in [9.17, 15) is 14.9 Å². The van der Waals surface area contributed by atoms with E-state index in [1.807, 2.05) is 6.07 Å². The van der Waals surface area contributed by atoms with Crippen molar-refractivity contribution >= 4 is 49.5 Å². The van der Waals surface area contributed by atoms with Gasteiger partial charge in [0.05, 0.1) is 5.69 Å². The molecule has 1 aromatic rings. The molecular weight excluding hydrogens is 430 g/mol. The number of likely N-dealkylation sites (N-methyl/N-ethyl adjacent to an activating group) is 1. The van der Waals surface area contributed by atoms with Gasteiger partial charge in [-0.25, -0.2) is 4.79 Å². The summed E-state index contributed by atoms with van der Waals surface area (Å²) in [5, 5.41) is 12.1. The molecule has 0 aromatic heterocycles. The Hall–Kier alpha value is -1.59. The predicted molar refractivity (Wildman–Crippen MR) is 91.9 cm³/mol. The second kappa shape index (κ2) is 5.80. The molecule has 1 heterocycles. The van der Waals surface area contributed by atoms with Crippen molar-refractivity contribution in [3.05, 3.63) is 26.6 Å². The van der Waals surface area contributed by atoms with Crippen LogP contribution in [0, 0.1) is 11.3 Å². The number of hydrogen-bond donors (Lipinski definition) is 1. The minimum atomic E-state index is -1.82. The molecule has 0 saturated heterocycles. The molecule has 0 saturated carbocycles. The zero-order chi connectivity index (χ0) is 17.6. The van der Waals surface area contributed by atoms with Crippen molar-refractivity contribution in [3.63, 3.8) is 0 Å². The van der Waals surface area contributed by atoms with Gasteiger partial charge < -0.3 is 9.64 Å². The standard InChI is InChI=1S/C15H15Br2N3O3/c1-14(2,3)23-13(22)19-15(7-18)9-5-8(16)6-10(17)11(9)20(4)12(15)21/h5-6H,1-4H3,(H,19,22)/t15-/m0/s1. The van der Waals surface area contributed by atoms with Crippen LogP contribution >= 0.6 is 31.9 Å². The summed E-state index contributed by atoms with van der Waals surface area (Å²) in [5.41, 5.74) is -1.64. The van der Waals surface area contributed by atoms with Crippen molar-refractivity contribution in [2.75, 3.05) is 11.9 Å². The lowest BCUT2D eigenvalue weighted by Gasteiger charge is -2.25. The smallest absolute Gasteiger partial charge is 0.409 e. The third-order valence-corrected chi connectivity index (χ3v) is 4.31. The Labute approximate surface area is 151 Å². The van der Waals surface area contributed by atoms with Gasteiger partial charge in [-0.3, -0.25) is 10.1 Å². The van der Waals surface area contributed by atoms with Crippen molar-refractivity contribution < 1.29 is 14.3 Å². The van der Waals surface area contributed by atoms with E-state index in [1.165, 1.54) is 4.90 Å². The molecular formula is C15H15Br2N3O3. The number of fused-ring (bicyclic) bond motifs is 1. The first-order valence-electron chi connectivity index (χ1n) is 6.72. The zero-order valence-electron chi connectivity index (χ0n) is 13.0. The molecule has 8 heteroatoms. The second-order valence-corrected chi connectivity index (χ2v) is 7.91. The fraction of sp³-hybridized carbons (Fsp3) is 0.400. The largest absolute Gasteiger partial charge is 0.444 e. The van der Waals surface area contributed by atoms with E-state index in [1.54, 1.807) is 40.0 Å². The summed E-state index contributed by atoms with van der Waals surface area (Å²) in [7, 11) is 1.55. The maximum absolute atomic E-state index is 12.7. The first-order chi connectivity index (χ1) is 10.5. The maximum atomic E-state index is 12.7. The number of nitrogens with zero attached hydrogens (tertiary/aromatic N) is 2. The number of nitrogens with one attached hydrogen (secondary N) is 1. The monoisotopic (exact) mass is 443 g/mol. The molecule has 1 aliphatic heterocycles. The van der Waals surface area contributed by atoms with Gasteiger partial charge >= 0.3 is 6.09 Å². The summed E-state index contributed by atoms with van der Waals surface area (Å²) in [6.07, 6.45) is -0.829. The van der Waals surface area contributed by atoms with Crippen LogP contribution in [0.3, 0.4) is 0 Å². The predicted octanol–water partition coefficient (Wildman–Crippen LogP) is 3.43. The van der Waals surface area contributed by atoms with Crippen LogP contribution in [-0.2, 0) is 15.1 Å². The molecule has 2 rings (SSSR count). The summed E-state index contributed by atoms with van der Waals surface area (Å²) in [6, 6.07) is 5.35. The van der Waals surface area contributed by atoms with Gasteiger partial charge in [0.2, 0.25) is 5.54 Å². The Morgan fingerprint density at radius 2 is 2.00 bits per heavy atom. The minimum Gasteiger partial charge on any atom is -0.444 e. The van der Waals surface area contributed by atoms with Crippen molar-refractivity contribution in [2.24, 2.45) is 0 Å². The molecule has 122 valence electrons. The van der Waals surface area contributed by atoms with Crippen molar-refractivity contribution in [3.8, 4) is 6.07 Å². The fourth-order valence-electron chi connectivity index (χ4n) is 2.37. The first kappa shape index (κ1) is 17.8. The molecule has 1 N–H and O–H groups in total. The number of ether oxygens (including phenoxy) is 1. The van der Waals surface area contributed by atoms with Crippen LogP contribution in [0.2, 0.25) is 0 Å². The number of carbonyl (C=O) groups is 2. The number of halogens is 2. The van der Waals surface area contributed by atoms with Gasteiger partial charge in [-0.15, -0.1) is 0 Å². The van der Waals surface area contributed by atoms with Gasteiger partial charge in [-0.2, -0.15) is 5.26 Å². The summed E-state index contributed by atoms with van der Waals surface area (Å²) in [6.45, 7) is 5.11.